The number of carbonyl (C=O) groups is 2. The van der Waals surface area contributed by atoms with E-state index in [1.54, 1.807) is 10.7 Å². The molecule has 1 unspecified atom stereocenters. The summed E-state index contributed by atoms with van der Waals surface area (Å²) in [7, 11) is 0. The van der Waals surface area contributed by atoms with Gasteiger partial charge in [-0.25, -0.2) is 0 Å². The topological polar surface area (TPSA) is 99.5 Å². The molecule has 1 saturated heterocycles. The molecule has 238 valence electrons. The summed E-state index contributed by atoms with van der Waals surface area (Å²) in [4.78, 5) is 29.0. The van der Waals surface area contributed by atoms with Gasteiger partial charge in [0.15, 0.2) is 5.69 Å². The van der Waals surface area contributed by atoms with Crippen molar-refractivity contribution in [2.45, 2.75) is 89.8 Å². The molecule has 11 heteroatoms. The number of benzene rings is 2. The molecule has 2 amide bonds. The molecule has 3 atom stereocenters. The molecule has 1 aliphatic rings. The summed E-state index contributed by atoms with van der Waals surface area (Å²) in [5.41, 5.74) is 1.02. The third kappa shape index (κ3) is 8.69. The minimum absolute atomic E-state index is 0.0228. The second kappa shape index (κ2) is 15.3. The van der Waals surface area contributed by atoms with Crippen molar-refractivity contribution in [3.05, 3.63) is 88.7 Å². The number of amides is 2. The van der Waals surface area contributed by atoms with Gasteiger partial charge in [0, 0.05) is 38.3 Å². The number of aliphatic hydroxyl groups is 1. The Balaban J connectivity index is 1.47. The van der Waals surface area contributed by atoms with Gasteiger partial charge in [-0.05, 0) is 56.2 Å². The Morgan fingerprint density at radius 3 is 2.50 bits per heavy atom. The van der Waals surface area contributed by atoms with Crippen molar-refractivity contribution < 1.29 is 27.9 Å². The van der Waals surface area contributed by atoms with Crippen LogP contribution in [0.25, 0.3) is 0 Å². The number of piperidine rings is 1. The monoisotopic (exact) mass is 613 g/mol. The summed E-state index contributed by atoms with van der Waals surface area (Å²) in [6.07, 6.45) is -0.284. The fourth-order valence-corrected chi connectivity index (χ4v) is 5.75. The number of hydrogen-bond acceptors (Lipinski definition) is 5. The van der Waals surface area contributed by atoms with E-state index < -0.39 is 29.8 Å². The first kappa shape index (κ1) is 33.2. The first-order chi connectivity index (χ1) is 21.1. The number of aliphatic hydroxyl groups excluding tert-OH is 1. The van der Waals surface area contributed by atoms with Crippen molar-refractivity contribution in [2.24, 2.45) is 0 Å². The lowest BCUT2D eigenvalue weighted by atomic mass is 9.98. The summed E-state index contributed by atoms with van der Waals surface area (Å²) < 4.78 is 40.9. The summed E-state index contributed by atoms with van der Waals surface area (Å²) in [6, 6.07) is 15.3. The first-order valence-electron chi connectivity index (χ1n) is 15.4. The zero-order chi connectivity index (χ0) is 31.7. The highest BCUT2D eigenvalue weighted by Gasteiger charge is 2.32. The molecule has 1 aromatic heterocycles. The molecule has 8 nitrogen and oxygen atoms in total. The van der Waals surface area contributed by atoms with Gasteiger partial charge in [0.05, 0.1) is 17.7 Å². The van der Waals surface area contributed by atoms with E-state index in [1.165, 1.54) is 12.1 Å². The van der Waals surface area contributed by atoms with Crippen LogP contribution in [0.2, 0.25) is 0 Å². The van der Waals surface area contributed by atoms with Crippen LogP contribution in [0.5, 0.6) is 0 Å². The van der Waals surface area contributed by atoms with E-state index in [4.69, 9.17) is 0 Å². The number of nitrogens with one attached hydrogen (secondary N) is 2. The predicted molar refractivity (Wildman–Crippen MR) is 162 cm³/mol. The molecule has 1 fully saturated rings. The number of carbonyl (C=O) groups excluding carboxylic acids is 2. The molecule has 0 spiro atoms. The number of halogens is 3. The molecule has 3 aromatic rings. The van der Waals surface area contributed by atoms with E-state index in [2.05, 4.69) is 22.7 Å². The molecule has 2 aromatic carbocycles. The van der Waals surface area contributed by atoms with Gasteiger partial charge in [0.2, 0.25) is 0 Å². The van der Waals surface area contributed by atoms with Crippen LogP contribution < -0.4 is 10.6 Å². The zero-order valence-corrected chi connectivity index (χ0v) is 25.3. The van der Waals surface area contributed by atoms with Crippen LogP contribution >= 0.6 is 0 Å². The van der Waals surface area contributed by atoms with Gasteiger partial charge in [0.1, 0.15) is 5.69 Å². The molecule has 1 aliphatic heterocycles. The van der Waals surface area contributed by atoms with E-state index in [9.17, 15) is 27.9 Å². The molecular formula is C33H42F3N5O3. The van der Waals surface area contributed by atoms with Crippen molar-refractivity contribution in [2.75, 3.05) is 13.1 Å². The highest BCUT2D eigenvalue weighted by atomic mass is 19.4. The predicted octanol–water partition coefficient (Wildman–Crippen LogP) is 5.21. The van der Waals surface area contributed by atoms with Crippen LogP contribution in [0.1, 0.15) is 83.6 Å². The Kier molecular flexibility index (Phi) is 11.6. The van der Waals surface area contributed by atoms with Crippen LogP contribution in [0.3, 0.4) is 0 Å². The van der Waals surface area contributed by atoms with Crippen LogP contribution in [0, 0.1) is 0 Å². The van der Waals surface area contributed by atoms with Gasteiger partial charge in [-0.15, -0.1) is 0 Å². The number of hydrogen-bond donors (Lipinski definition) is 3. The maximum absolute atomic E-state index is 13.6. The van der Waals surface area contributed by atoms with E-state index in [0.717, 1.165) is 49.8 Å². The van der Waals surface area contributed by atoms with Gasteiger partial charge in [-0.2, -0.15) is 18.3 Å². The van der Waals surface area contributed by atoms with Gasteiger partial charge in [-0.1, -0.05) is 61.9 Å². The third-order valence-electron chi connectivity index (χ3n) is 8.06. The molecule has 0 saturated carbocycles. The maximum atomic E-state index is 13.6. The summed E-state index contributed by atoms with van der Waals surface area (Å²) >= 11 is 0. The average Bonchev–Trinajstić information content (AvgIpc) is 3.46. The Bertz CT molecular complexity index is 1380. The average molecular weight is 614 g/mol. The van der Waals surface area contributed by atoms with E-state index in [1.807, 2.05) is 42.2 Å². The fraction of sp³-hybridized carbons (Fsp3) is 0.485. The van der Waals surface area contributed by atoms with Gasteiger partial charge in [0.25, 0.3) is 11.8 Å². The van der Waals surface area contributed by atoms with Crippen molar-refractivity contribution >= 4 is 11.8 Å². The molecule has 3 N–H and O–H groups in total. The molecular weight excluding hydrogens is 571 g/mol. The minimum Gasteiger partial charge on any atom is -0.390 e. The Morgan fingerprint density at radius 2 is 1.80 bits per heavy atom. The van der Waals surface area contributed by atoms with E-state index >= 15 is 0 Å². The van der Waals surface area contributed by atoms with Crippen LogP contribution in [0.4, 0.5) is 13.2 Å². The Morgan fingerprint density at radius 1 is 1.05 bits per heavy atom. The molecule has 2 heterocycles. The fourth-order valence-electron chi connectivity index (χ4n) is 5.75. The number of nitrogens with zero attached hydrogens (tertiary/aromatic N) is 3. The van der Waals surface area contributed by atoms with Gasteiger partial charge >= 0.3 is 6.18 Å². The molecule has 44 heavy (non-hydrogen) atoms. The summed E-state index contributed by atoms with van der Waals surface area (Å²) in [6.45, 7) is 5.19. The van der Waals surface area contributed by atoms with Crippen molar-refractivity contribution in [1.29, 1.82) is 0 Å². The largest absolute Gasteiger partial charge is 0.416 e. The smallest absolute Gasteiger partial charge is 0.390 e. The van der Waals surface area contributed by atoms with E-state index in [0.29, 0.717) is 30.8 Å². The van der Waals surface area contributed by atoms with Crippen molar-refractivity contribution in [1.82, 2.24) is 25.3 Å². The molecule has 0 bridgehead atoms. The van der Waals surface area contributed by atoms with E-state index in [-0.39, 0.29) is 30.7 Å². The lowest BCUT2D eigenvalue weighted by molar-refractivity contribution is -0.137. The van der Waals surface area contributed by atoms with Crippen LogP contribution in [-0.4, -0.2) is 62.9 Å². The van der Waals surface area contributed by atoms with Gasteiger partial charge < -0.3 is 20.6 Å². The highest BCUT2D eigenvalue weighted by Crippen LogP contribution is 2.29. The quantitative estimate of drug-likeness (QED) is 0.246. The third-order valence-corrected chi connectivity index (χ3v) is 8.06. The lowest BCUT2D eigenvalue weighted by Crippen LogP contribution is -2.48. The Hall–Kier alpha value is -3.70. The number of rotatable bonds is 13. The SMILES string of the molecule is CCCC1CCCCN1C(=O)c1cc(C(=O)N[C@@H](Cc2ccccc2)[C@H](O)CNCc2cccc(C(F)(F)F)c2)nn1CC. The number of likely N-dealkylation sites (tertiary alicyclic amines) is 1. The van der Waals surface area contributed by atoms with Crippen LogP contribution in [0.15, 0.2) is 60.7 Å². The standard InChI is InChI=1S/C33H42F3N5O3/c1-3-11-26-16-8-9-17-40(26)32(44)29-20-28(39-41(29)4-2)31(43)38-27(19-23-12-6-5-7-13-23)30(42)22-37-21-24-14-10-15-25(18-24)33(34,35)36/h5-7,10,12-15,18,20,26-27,30,37,42H,3-4,8-9,11,16-17,19,21-22H2,1-2H3,(H,38,43)/t26?,27-,30+/m0/s1. The maximum Gasteiger partial charge on any atom is 0.416 e. The zero-order valence-electron chi connectivity index (χ0n) is 25.3. The number of aromatic nitrogens is 2. The summed E-state index contributed by atoms with van der Waals surface area (Å²) in [5, 5.41) is 21.5. The van der Waals surface area contributed by atoms with Crippen LogP contribution in [-0.2, 0) is 25.7 Å². The highest BCUT2D eigenvalue weighted by molar-refractivity contribution is 5.98. The minimum atomic E-state index is -4.44. The normalized spacial score (nSPS) is 16.9. The lowest BCUT2D eigenvalue weighted by Gasteiger charge is -2.35. The van der Waals surface area contributed by atoms with Crippen molar-refractivity contribution in [3.63, 3.8) is 0 Å². The molecule has 4 rings (SSSR count). The van der Waals surface area contributed by atoms with Crippen molar-refractivity contribution in [3.8, 4) is 0 Å². The summed E-state index contributed by atoms with van der Waals surface area (Å²) in [5.74, 6) is -0.649. The first-order valence-corrected chi connectivity index (χ1v) is 15.4. The Labute approximate surface area is 256 Å². The molecule has 0 aliphatic carbocycles. The molecule has 0 radical (unpaired) electrons. The number of aryl methyl sites for hydroxylation is 1. The second-order valence-electron chi connectivity index (χ2n) is 11.3. The van der Waals surface area contributed by atoms with Gasteiger partial charge in [-0.3, -0.25) is 14.3 Å². The second-order valence-corrected chi connectivity index (χ2v) is 11.3. The number of alkyl halides is 3.